The van der Waals surface area contributed by atoms with E-state index in [9.17, 15) is 24.3 Å². The standard InChI is InChI=1S/C34H54N8O7.CH2O2/c1-7-22(4)29(35)34(47)41-14-9-8-13-36-33(46)30(23(5)43)38-32(45)26(17-21(2)3)37-31(44)24-11-12-27(48-6)28(18-24)49-20-25-19-42(40-39-25)16-10-15-41;2-1-3/h11-12,18-19,21-23,26,29-30,43H,7-10,13-17,20,35H2,1-6H3,(H,36,46)(H,37,44)(H,38,45);1H,(H,2,3)/t22-,23+,26+,29-,30-;/m0./s1. The average Bonchev–Trinajstić information content (AvgIpc) is 3.57. The van der Waals surface area contributed by atoms with E-state index in [1.807, 2.05) is 27.7 Å². The van der Waals surface area contributed by atoms with Gasteiger partial charge in [-0.15, -0.1) is 5.10 Å². The summed E-state index contributed by atoms with van der Waals surface area (Å²) in [5, 5.41) is 33.9. The van der Waals surface area contributed by atoms with Crippen LogP contribution in [0, 0.1) is 11.8 Å². The summed E-state index contributed by atoms with van der Waals surface area (Å²) in [5.41, 5.74) is 7.11. The van der Waals surface area contributed by atoms with Crippen molar-refractivity contribution in [1.29, 1.82) is 0 Å². The van der Waals surface area contributed by atoms with Crippen LogP contribution in [0.3, 0.4) is 0 Å². The third kappa shape index (κ3) is 13.7. The van der Waals surface area contributed by atoms with Gasteiger partial charge in [-0.3, -0.25) is 28.7 Å². The van der Waals surface area contributed by atoms with E-state index in [2.05, 4.69) is 26.3 Å². The number of nitrogens with zero attached hydrogens (tertiary/aromatic N) is 4. The first-order valence-electron chi connectivity index (χ1n) is 17.6. The lowest BCUT2D eigenvalue weighted by molar-refractivity contribution is -0.134. The largest absolute Gasteiger partial charge is 0.493 e. The Bertz CT molecular complexity index is 1450. The highest BCUT2D eigenvalue weighted by molar-refractivity contribution is 5.99. The van der Waals surface area contributed by atoms with Crippen LogP contribution in [0.15, 0.2) is 24.4 Å². The van der Waals surface area contributed by atoms with Crippen LogP contribution in [0.1, 0.15) is 82.8 Å². The molecule has 1 aromatic carbocycles. The molecule has 0 saturated heterocycles. The van der Waals surface area contributed by atoms with Gasteiger partial charge in [0.25, 0.3) is 12.4 Å². The molecule has 0 fully saturated rings. The molecule has 290 valence electrons. The van der Waals surface area contributed by atoms with Crippen molar-refractivity contribution in [3.8, 4) is 11.5 Å². The summed E-state index contributed by atoms with van der Waals surface area (Å²) >= 11 is 0. The summed E-state index contributed by atoms with van der Waals surface area (Å²) in [6.45, 7) is 10.7. The number of amides is 4. The second-order valence-corrected chi connectivity index (χ2v) is 13.2. The summed E-state index contributed by atoms with van der Waals surface area (Å²) in [6, 6.07) is 1.81. The van der Waals surface area contributed by atoms with Crippen LogP contribution in [0.25, 0.3) is 0 Å². The topological polar surface area (TPSA) is 240 Å². The van der Waals surface area contributed by atoms with Crippen molar-refractivity contribution in [2.75, 3.05) is 26.7 Å². The number of benzene rings is 1. The molecule has 0 radical (unpaired) electrons. The molecule has 0 spiro atoms. The fourth-order valence-electron chi connectivity index (χ4n) is 5.41. The van der Waals surface area contributed by atoms with Crippen molar-refractivity contribution in [3.05, 3.63) is 35.7 Å². The summed E-state index contributed by atoms with van der Waals surface area (Å²) < 4.78 is 13.1. The van der Waals surface area contributed by atoms with Gasteiger partial charge in [0, 0.05) is 31.7 Å². The Morgan fingerprint density at radius 3 is 2.42 bits per heavy atom. The van der Waals surface area contributed by atoms with Crippen LogP contribution >= 0.6 is 0 Å². The number of ether oxygens (including phenoxy) is 2. The number of carbonyl (C=O) groups excluding carboxylic acids is 4. The van der Waals surface area contributed by atoms with Crippen LogP contribution < -0.4 is 31.2 Å². The molecular formula is C35H56N8O9. The molecule has 5 atom stereocenters. The lowest BCUT2D eigenvalue weighted by Gasteiger charge is -2.28. The van der Waals surface area contributed by atoms with Crippen LogP contribution in [0.2, 0.25) is 0 Å². The van der Waals surface area contributed by atoms with Crippen molar-refractivity contribution >= 4 is 30.1 Å². The molecule has 1 aromatic heterocycles. The Morgan fingerprint density at radius 1 is 1.10 bits per heavy atom. The quantitative estimate of drug-likeness (QED) is 0.219. The Kier molecular flexibility index (Phi) is 18.5. The third-order valence-electron chi connectivity index (χ3n) is 8.60. The van der Waals surface area contributed by atoms with Crippen LogP contribution in [0.4, 0.5) is 0 Å². The molecule has 3 rings (SSSR count). The predicted octanol–water partition coefficient (Wildman–Crippen LogP) is 1.08. The maximum atomic E-state index is 13.4. The molecule has 7 N–H and O–H groups in total. The van der Waals surface area contributed by atoms with Gasteiger partial charge in [-0.25, -0.2) is 0 Å². The van der Waals surface area contributed by atoms with Gasteiger partial charge in [-0.1, -0.05) is 39.3 Å². The Labute approximate surface area is 305 Å². The Hall–Kier alpha value is -4.77. The van der Waals surface area contributed by atoms with Crippen LogP contribution in [0.5, 0.6) is 11.5 Å². The highest BCUT2D eigenvalue weighted by atomic mass is 16.5. The molecule has 0 unspecified atom stereocenters. The van der Waals surface area contributed by atoms with E-state index in [0.29, 0.717) is 56.1 Å². The number of aliphatic hydroxyl groups excluding tert-OH is 1. The smallest absolute Gasteiger partial charge is 0.290 e. The number of hydrogen-bond donors (Lipinski definition) is 6. The van der Waals surface area contributed by atoms with E-state index >= 15 is 0 Å². The van der Waals surface area contributed by atoms with E-state index in [1.165, 1.54) is 20.1 Å². The van der Waals surface area contributed by atoms with E-state index in [4.69, 9.17) is 25.1 Å². The minimum absolute atomic E-state index is 0.0212. The molecule has 4 amide bonds. The van der Waals surface area contributed by atoms with Crippen molar-refractivity contribution in [1.82, 2.24) is 35.8 Å². The average molecular weight is 733 g/mol. The third-order valence-corrected chi connectivity index (χ3v) is 8.60. The monoisotopic (exact) mass is 732 g/mol. The number of carboxylic acid groups (broad SMARTS) is 1. The number of aromatic nitrogens is 3. The zero-order chi connectivity index (χ0) is 38.8. The number of aliphatic hydroxyl groups is 1. The number of nitrogens with one attached hydrogen (secondary N) is 3. The van der Waals surface area contributed by atoms with Crippen molar-refractivity contribution in [3.63, 3.8) is 0 Å². The van der Waals surface area contributed by atoms with Crippen molar-refractivity contribution in [2.45, 2.75) is 104 Å². The molecule has 17 nitrogen and oxygen atoms in total. The molecule has 2 heterocycles. The van der Waals surface area contributed by atoms with Gasteiger partial charge in [-0.05, 0) is 62.6 Å². The highest BCUT2D eigenvalue weighted by Crippen LogP contribution is 2.29. The van der Waals surface area contributed by atoms with Gasteiger partial charge in [-0.2, -0.15) is 0 Å². The van der Waals surface area contributed by atoms with E-state index in [-0.39, 0.29) is 49.4 Å². The molecule has 52 heavy (non-hydrogen) atoms. The summed E-state index contributed by atoms with van der Waals surface area (Å²) in [7, 11) is 1.48. The number of rotatable bonds is 7. The molecule has 1 aliphatic heterocycles. The van der Waals surface area contributed by atoms with Crippen LogP contribution in [-0.2, 0) is 32.3 Å². The summed E-state index contributed by atoms with van der Waals surface area (Å²) in [4.78, 5) is 63.4. The van der Waals surface area contributed by atoms with Crippen molar-refractivity contribution < 1.29 is 43.7 Å². The van der Waals surface area contributed by atoms with Gasteiger partial charge in [0.2, 0.25) is 17.7 Å². The van der Waals surface area contributed by atoms with E-state index in [1.54, 1.807) is 27.9 Å². The number of hydrogen-bond acceptors (Lipinski definition) is 11. The van der Waals surface area contributed by atoms with Crippen LogP contribution in [-0.4, -0.2) is 111 Å². The fourth-order valence-corrected chi connectivity index (χ4v) is 5.41. The summed E-state index contributed by atoms with van der Waals surface area (Å²) in [6.07, 6.45) is 3.39. The lowest BCUT2D eigenvalue weighted by atomic mass is 9.98. The van der Waals surface area contributed by atoms with Gasteiger partial charge < -0.3 is 46.3 Å². The highest BCUT2D eigenvalue weighted by Gasteiger charge is 2.31. The number of nitrogens with two attached hydrogens (primary N) is 1. The number of aryl methyl sites for hydroxylation is 1. The number of fused-ring (bicyclic) bond motifs is 4. The zero-order valence-corrected chi connectivity index (χ0v) is 31.0. The van der Waals surface area contributed by atoms with Gasteiger partial charge in [0.05, 0.1) is 25.5 Å². The molecule has 2 aromatic rings. The Balaban J connectivity index is 0.00000301. The van der Waals surface area contributed by atoms with Gasteiger partial charge in [0.1, 0.15) is 24.4 Å². The zero-order valence-electron chi connectivity index (χ0n) is 31.0. The second kappa shape index (κ2) is 22.2. The maximum absolute atomic E-state index is 13.4. The minimum Gasteiger partial charge on any atom is -0.493 e. The molecular weight excluding hydrogens is 676 g/mol. The van der Waals surface area contributed by atoms with Gasteiger partial charge >= 0.3 is 0 Å². The first-order chi connectivity index (χ1) is 24.8. The van der Waals surface area contributed by atoms with E-state index < -0.39 is 42.0 Å². The normalized spacial score (nSPS) is 19.9. The lowest BCUT2D eigenvalue weighted by Crippen LogP contribution is -2.57. The van der Waals surface area contributed by atoms with Gasteiger partial charge in [0.15, 0.2) is 11.5 Å². The Morgan fingerprint density at radius 2 is 1.79 bits per heavy atom. The fraction of sp³-hybridized carbons (Fsp3) is 0.629. The molecule has 0 saturated carbocycles. The molecule has 1 aliphatic rings. The SMILES string of the molecule is CC[C@H](C)[C@H](N)C(=O)N1CCCCNC(=O)[C@H]([C@@H](C)O)NC(=O)[C@@H](CC(C)C)NC(=O)c2ccc(OC)c(c2)OCc2cn(nn2)CCC1.O=CO. The molecule has 4 bridgehead atoms. The molecule has 0 aliphatic carbocycles. The molecule has 17 heteroatoms. The second-order valence-electron chi connectivity index (χ2n) is 13.2. The van der Waals surface area contributed by atoms with E-state index in [0.717, 1.165) is 6.42 Å². The number of carbonyl (C=O) groups is 5. The first-order valence-corrected chi connectivity index (χ1v) is 17.6. The number of methoxy groups -OCH3 is 1. The first kappa shape index (κ1) is 43.4. The summed E-state index contributed by atoms with van der Waals surface area (Å²) in [5.74, 6) is -1.06. The minimum atomic E-state index is -1.24. The van der Waals surface area contributed by atoms with Crippen molar-refractivity contribution in [2.24, 2.45) is 17.6 Å². The predicted molar refractivity (Wildman–Crippen MR) is 191 cm³/mol. The maximum Gasteiger partial charge on any atom is 0.290 e.